The number of phosphoric acid groups is 1. The van der Waals surface area contributed by atoms with E-state index in [0.29, 0.717) is 32.1 Å². The Morgan fingerprint density at radius 2 is 1.20 bits per heavy atom. The highest BCUT2D eigenvalue weighted by atomic mass is 31.2. The van der Waals surface area contributed by atoms with Gasteiger partial charge >= 0.3 is 19.8 Å². The summed E-state index contributed by atoms with van der Waals surface area (Å²) < 4.78 is 32.5. The minimum atomic E-state index is -4.68. The quantitative estimate of drug-likeness (QED) is 0.0131. The molecule has 0 bridgehead atoms. The number of carbonyl (C=O) groups is 2. The Hall–Kier alpha value is -3.45. The van der Waals surface area contributed by atoms with Crippen molar-refractivity contribution in [3.8, 4) is 0 Å². The van der Waals surface area contributed by atoms with Gasteiger partial charge in [-0.15, -0.1) is 0 Å². The van der Waals surface area contributed by atoms with E-state index in [1.165, 1.54) is 19.3 Å². The summed E-state index contributed by atoms with van der Waals surface area (Å²) in [5.41, 5.74) is 0. The second kappa shape index (κ2) is 40.0. The first-order chi connectivity index (χ1) is 28.5. The van der Waals surface area contributed by atoms with Crippen LogP contribution < -0.4 is 0 Å². The van der Waals surface area contributed by atoms with Gasteiger partial charge in [-0.1, -0.05) is 136 Å². The van der Waals surface area contributed by atoms with E-state index >= 15 is 0 Å². The van der Waals surface area contributed by atoms with Gasteiger partial charge in [-0.05, 0) is 77.0 Å². The smallest absolute Gasteiger partial charge is 0.462 e. The maximum Gasteiger partial charge on any atom is 0.472 e. The van der Waals surface area contributed by atoms with E-state index in [2.05, 4.69) is 47.9 Å². The molecule has 0 aliphatic rings. The maximum absolute atomic E-state index is 12.6. The number of aliphatic hydroxyl groups is 4. The predicted molar refractivity (Wildman–Crippen MR) is 235 cm³/mol. The molecule has 0 heterocycles. The van der Waals surface area contributed by atoms with Crippen LogP contribution in [0.4, 0.5) is 0 Å². The summed E-state index contributed by atoms with van der Waals surface area (Å²) in [6.07, 6.45) is 42.8. The van der Waals surface area contributed by atoms with Crippen LogP contribution in [0.5, 0.6) is 0 Å². The minimum Gasteiger partial charge on any atom is -0.462 e. The van der Waals surface area contributed by atoms with Gasteiger partial charge in [0.05, 0.1) is 32.0 Å². The number of aliphatic hydroxyl groups excluding tert-OH is 4. The van der Waals surface area contributed by atoms with Crippen LogP contribution in [0.3, 0.4) is 0 Å². The summed E-state index contributed by atoms with van der Waals surface area (Å²) >= 11 is 0. The van der Waals surface area contributed by atoms with Gasteiger partial charge in [0.2, 0.25) is 0 Å². The Bertz CT molecular complexity index is 1380. The molecule has 12 nitrogen and oxygen atoms in total. The summed E-state index contributed by atoms with van der Waals surface area (Å²) in [4.78, 5) is 34.9. The Kier molecular flexibility index (Phi) is 37.6. The molecule has 0 aromatic carbocycles. The number of rotatable bonds is 37. The standard InChI is InChI=1S/C46H73O12P/c1-3-5-7-8-9-10-11-12-13-14-15-16-20-23-29-36-46(52)58-44(40-57-59(53,54)56-38-43(50)37-47)39-55-45(51)35-30-24-28-34-42(49)33-27-22-19-17-18-21-26-32-41(48)31-25-6-4-2/h6,9-10,12-13,15-16,18-19,21-22,25-28,32-34,41-44,47-50H,3-5,7-8,11,14,17,20,23-24,29-31,35-40H2,1-2H3,(H,53,54)/b10-9-,13-12-,16-15-,21-18-,22-19-,25-6-,32-26+,33-27+,34-28-/t41-,42-,43+,44-/m1/s1. The van der Waals surface area contributed by atoms with Crippen molar-refractivity contribution in [2.45, 2.75) is 141 Å². The fourth-order valence-electron chi connectivity index (χ4n) is 4.80. The summed E-state index contributed by atoms with van der Waals surface area (Å²) in [7, 11) is -4.68. The van der Waals surface area contributed by atoms with E-state index in [4.69, 9.17) is 19.1 Å². The lowest BCUT2D eigenvalue weighted by Crippen LogP contribution is -2.29. The number of allylic oxidation sites excluding steroid dienone is 14. The van der Waals surface area contributed by atoms with Gasteiger partial charge in [0.1, 0.15) is 12.7 Å². The second-order valence-electron chi connectivity index (χ2n) is 13.7. The Balaban J connectivity index is 4.65. The Labute approximate surface area is 353 Å². The van der Waals surface area contributed by atoms with Crippen LogP contribution in [0.25, 0.3) is 0 Å². The molecule has 1 unspecified atom stereocenters. The zero-order chi connectivity index (χ0) is 43.7. The average Bonchev–Trinajstić information content (AvgIpc) is 3.21. The third-order valence-corrected chi connectivity index (χ3v) is 9.04. The van der Waals surface area contributed by atoms with Crippen molar-refractivity contribution in [2.75, 3.05) is 26.4 Å². The van der Waals surface area contributed by atoms with Gasteiger partial charge in [0, 0.05) is 12.8 Å². The first-order valence-corrected chi connectivity index (χ1v) is 22.6. The van der Waals surface area contributed by atoms with E-state index in [-0.39, 0.29) is 12.8 Å². The lowest BCUT2D eigenvalue weighted by Gasteiger charge is -2.20. The van der Waals surface area contributed by atoms with E-state index in [1.54, 1.807) is 30.4 Å². The van der Waals surface area contributed by atoms with Crippen molar-refractivity contribution in [3.05, 3.63) is 109 Å². The minimum absolute atomic E-state index is 0.0399. The molecule has 0 spiro atoms. The molecule has 0 aliphatic heterocycles. The van der Waals surface area contributed by atoms with Crippen LogP contribution >= 0.6 is 7.82 Å². The molecule has 5 N–H and O–H groups in total. The number of unbranched alkanes of at least 4 members (excludes halogenated alkanes) is 6. The second-order valence-corrected chi connectivity index (χ2v) is 15.1. The number of phosphoric ester groups is 1. The lowest BCUT2D eigenvalue weighted by atomic mass is 10.1. The van der Waals surface area contributed by atoms with Crippen LogP contribution in [0.1, 0.15) is 117 Å². The Morgan fingerprint density at radius 3 is 1.86 bits per heavy atom. The van der Waals surface area contributed by atoms with Crippen LogP contribution in [-0.2, 0) is 32.7 Å². The van der Waals surface area contributed by atoms with Crippen molar-refractivity contribution in [1.82, 2.24) is 0 Å². The van der Waals surface area contributed by atoms with Crippen molar-refractivity contribution >= 4 is 19.8 Å². The van der Waals surface area contributed by atoms with Crippen LogP contribution in [0.15, 0.2) is 109 Å². The average molecular weight is 849 g/mol. The summed E-state index contributed by atoms with van der Waals surface area (Å²) in [5, 5.41) is 38.3. The summed E-state index contributed by atoms with van der Waals surface area (Å²) in [6, 6.07) is 0. The largest absolute Gasteiger partial charge is 0.472 e. The fraction of sp³-hybridized carbons (Fsp3) is 0.565. The first kappa shape index (κ1) is 55.5. The van der Waals surface area contributed by atoms with Gasteiger partial charge in [0.25, 0.3) is 0 Å². The van der Waals surface area contributed by atoms with Gasteiger partial charge in [-0.2, -0.15) is 0 Å². The molecule has 334 valence electrons. The molecule has 0 saturated carbocycles. The number of carbonyl (C=O) groups excluding carboxylic acids is 2. The third-order valence-electron chi connectivity index (χ3n) is 8.09. The molecule has 0 aromatic rings. The molecule has 5 atom stereocenters. The predicted octanol–water partition coefficient (Wildman–Crippen LogP) is 8.94. The van der Waals surface area contributed by atoms with Gasteiger partial charge in [0.15, 0.2) is 6.10 Å². The number of esters is 2. The number of ether oxygens (including phenoxy) is 2. The molecule has 13 heteroatoms. The molecular weight excluding hydrogens is 775 g/mol. The van der Waals surface area contributed by atoms with E-state index in [9.17, 15) is 34.4 Å². The highest BCUT2D eigenvalue weighted by Gasteiger charge is 2.27. The zero-order valence-corrected chi connectivity index (χ0v) is 36.3. The van der Waals surface area contributed by atoms with Crippen LogP contribution in [0.2, 0.25) is 0 Å². The molecule has 0 saturated heterocycles. The maximum atomic E-state index is 12.6. The first-order valence-electron chi connectivity index (χ1n) is 21.1. The Morgan fingerprint density at radius 1 is 0.610 bits per heavy atom. The van der Waals surface area contributed by atoms with Gasteiger partial charge in [-0.3, -0.25) is 18.6 Å². The van der Waals surface area contributed by atoms with Gasteiger partial charge in [-0.25, -0.2) is 4.57 Å². The van der Waals surface area contributed by atoms with Crippen molar-refractivity contribution in [2.24, 2.45) is 0 Å². The molecule has 59 heavy (non-hydrogen) atoms. The normalized spacial score (nSPS) is 16.0. The van der Waals surface area contributed by atoms with Crippen LogP contribution in [-0.4, -0.2) is 88.1 Å². The van der Waals surface area contributed by atoms with Crippen molar-refractivity contribution in [3.63, 3.8) is 0 Å². The summed E-state index contributed by atoms with van der Waals surface area (Å²) in [6.45, 7) is 1.86. The molecule has 0 aromatic heterocycles. The molecule has 0 radical (unpaired) electrons. The molecule has 0 aliphatic carbocycles. The highest BCUT2D eigenvalue weighted by molar-refractivity contribution is 7.47. The molecule has 0 rings (SSSR count). The lowest BCUT2D eigenvalue weighted by molar-refractivity contribution is -0.161. The number of hydrogen-bond donors (Lipinski definition) is 5. The van der Waals surface area contributed by atoms with E-state index in [1.807, 2.05) is 49.5 Å². The zero-order valence-electron chi connectivity index (χ0n) is 35.4. The SMILES string of the molecule is CC/C=C\C[C@@H](O)/C=C/C=C\C/C=C\C=C\[C@@H](O)/C=C\CCCC(=O)OC[C@H](COP(=O)(O)OC[C@@H](O)CO)OC(=O)CCCC/C=C\C/C=C\C/C=C\CCCCC. The highest BCUT2D eigenvalue weighted by Crippen LogP contribution is 2.43. The molecule has 0 amide bonds. The monoisotopic (exact) mass is 848 g/mol. The third kappa shape index (κ3) is 39.8. The topological polar surface area (TPSA) is 189 Å². The van der Waals surface area contributed by atoms with Crippen LogP contribution in [0, 0.1) is 0 Å². The van der Waals surface area contributed by atoms with Gasteiger partial charge < -0.3 is 34.8 Å². The molecule has 0 fully saturated rings. The van der Waals surface area contributed by atoms with E-state index in [0.717, 1.165) is 38.5 Å². The fourth-order valence-corrected chi connectivity index (χ4v) is 5.59. The number of hydrogen-bond acceptors (Lipinski definition) is 11. The summed E-state index contributed by atoms with van der Waals surface area (Å²) in [5.74, 6) is -1.17. The van der Waals surface area contributed by atoms with Crippen molar-refractivity contribution in [1.29, 1.82) is 0 Å². The van der Waals surface area contributed by atoms with Crippen molar-refractivity contribution < 1.29 is 58.0 Å². The molecular formula is C46H73O12P. The van der Waals surface area contributed by atoms with E-state index < -0.39 is 70.6 Å².